The van der Waals surface area contributed by atoms with E-state index in [2.05, 4.69) is 38.1 Å². The maximum absolute atomic E-state index is 15.8. The molecule has 0 atom stereocenters. The van der Waals surface area contributed by atoms with Crippen molar-refractivity contribution in [3.63, 3.8) is 0 Å². The van der Waals surface area contributed by atoms with E-state index >= 15 is 4.39 Å². The quantitative estimate of drug-likeness (QED) is 0.410. The average Bonchev–Trinajstić information content (AvgIpc) is 2.81. The average molecular weight is 423 g/mol. The highest BCUT2D eigenvalue weighted by molar-refractivity contribution is 5.77. The maximum atomic E-state index is 15.8. The molecule has 0 radical (unpaired) electrons. The number of rotatable bonds is 7. The molecule has 1 heteroatoms. The van der Waals surface area contributed by atoms with E-state index in [-0.39, 0.29) is 11.2 Å². The molecule has 0 heterocycles. The Labute approximate surface area is 190 Å². The summed E-state index contributed by atoms with van der Waals surface area (Å²) in [5.41, 5.74) is 1.91. The molecule has 2 fully saturated rings. The molecular formula is C30H43F. The highest BCUT2D eigenvalue weighted by atomic mass is 19.1. The Balaban J connectivity index is 1.56. The lowest BCUT2D eigenvalue weighted by Gasteiger charge is -2.50. The first-order valence-electron chi connectivity index (χ1n) is 13.3. The fraction of sp³-hybridized carbons (Fsp3) is 0.667. The van der Waals surface area contributed by atoms with E-state index in [1.807, 2.05) is 18.2 Å². The second kappa shape index (κ2) is 10.5. The van der Waals surface area contributed by atoms with Crippen molar-refractivity contribution in [1.82, 2.24) is 0 Å². The molecule has 0 amide bonds. The second-order valence-electron chi connectivity index (χ2n) is 10.8. The van der Waals surface area contributed by atoms with Gasteiger partial charge in [-0.25, -0.2) is 4.39 Å². The Bertz CT molecular complexity index is 716. The third kappa shape index (κ3) is 5.01. The van der Waals surface area contributed by atoms with Gasteiger partial charge in [-0.2, -0.15) is 0 Å². The summed E-state index contributed by atoms with van der Waals surface area (Å²) in [7, 11) is 0. The van der Waals surface area contributed by atoms with Crippen LogP contribution in [0.3, 0.4) is 0 Å². The Morgan fingerprint density at radius 2 is 1.29 bits per heavy atom. The Hall–Kier alpha value is -1.37. The summed E-state index contributed by atoms with van der Waals surface area (Å²) in [6, 6.07) is 10.2. The second-order valence-corrected chi connectivity index (χ2v) is 10.8. The molecule has 0 N–H and O–H groups in total. The third-order valence-corrected chi connectivity index (χ3v) is 9.01. The molecule has 0 nitrogen and oxygen atoms in total. The number of benzene rings is 1. The summed E-state index contributed by atoms with van der Waals surface area (Å²) < 4.78 is 15.8. The van der Waals surface area contributed by atoms with Crippen LogP contribution in [-0.2, 0) is 0 Å². The fourth-order valence-corrected chi connectivity index (χ4v) is 7.31. The van der Waals surface area contributed by atoms with Gasteiger partial charge in [0.05, 0.1) is 0 Å². The maximum Gasteiger partial charge on any atom is 0.109 e. The number of allylic oxidation sites excluding steroid dienone is 4. The molecule has 0 aliphatic heterocycles. The largest absolute Gasteiger partial charge is 0.211 e. The van der Waals surface area contributed by atoms with Crippen LogP contribution in [0.5, 0.6) is 0 Å². The fourth-order valence-electron chi connectivity index (χ4n) is 7.31. The molecule has 31 heavy (non-hydrogen) atoms. The molecule has 0 unspecified atom stereocenters. The van der Waals surface area contributed by atoms with Crippen molar-refractivity contribution in [2.75, 3.05) is 0 Å². The van der Waals surface area contributed by atoms with E-state index in [1.165, 1.54) is 77.0 Å². The minimum Gasteiger partial charge on any atom is -0.211 e. The monoisotopic (exact) mass is 422 g/mol. The molecular weight excluding hydrogens is 379 g/mol. The smallest absolute Gasteiger partial charge is 0.109 e. The third-order valence-electron chi connectivity index (χ3n) is 9.01. The zero-order valence-corrected chi connectivity index (χ0v) is 19.9. The van der Waals surface area contributed by atoms with Crippen LogP contribution in [0.4, 0.5) is 4.39 Å². The van der Waals surface area contributed by atoms with Crippen LogP contribution >= 0.6 is 0 Å². The summed E-state index contributed by atoms with van der Waals surface area (Å²) >= 11 is 0. The van der Waals surface area contributed by atoms with E-state index in [0.29, 0.717) is 18.3 Å². The Morgan fingerprint density at radius 3 is 1.74 bits per heavy atom. The van der Waals surface area contributed by atoms with Crippen LogP contribution in [0.25, 0.3) is 5.57 Å². The van der Waals surface area contributed by atoms with E-state index in [1.54, 1.807) is 0 Å². The normalized spacial score (nSPS) is 34.2. The molecule has 1 aromatic rings. The van der Waals surface area contributed by atoms with Crippen molar-refractivity contribution in [3.8, 4) is 0 Å². The number of hydrogen-bond acceptors (Lipinski definition) is 0. The van der Waals surface area contributed by atoms with Gasteiger partial charge in [-0.3, -0.25) is 0 Å². The zero-order valence-electron chi connectivity index (χ0n) is 19.9. The van der Waals surface area contributed by atoms with E-state index in [9.17, 15) is 0 Å². The number of hydrogen-bond donors (Lipinski definition) is 0. The molecule has 1 aromatic carbocycles. The first kappa shape index (κ1) is 22.8. The van der Waals surface area contributed by atoms with E-state index in [0.717, 1.165) is 23.0 Å². The SMILES string of the molecule is CCCC1CCC(C2(C3CCC(CCC)CC3)C=CC(c3ccccc3)=C(F)C2)CC1. The van der Waals surface area contributed by atoms with Crippen molar-refractivity contribution < 1.29 is 4.39 Å². The van der Waals surface area contributed by atoms with Crippen molar-refractivity contribution in [2.45, 2.75) is 97.3 Å². The first-order valence-corrected chi connectivity index (χ1v) is 13.3. The van der Waals surface area contributed by atoms with Crippen molar-refractivity contribution >= 4 is 5.57 Å². The number of halogens is 1. The standard InChI is InChI=1S/C30H43F/c1-3-8-23-12-16-26(17-13-23)30(27-18-14-24(9-4-2)15-19-27)21-20-28(29(31)22-30)25-10-6-5-7-11-25/h5-7,10-11,20-21,23-24,26-27H,3-4,8-9,12-19,22H2,1-2H3. The summed E-state index contributed by atoms with van der Waals surface area (Å²) in [5.74, 6) is 3.28. The van der Waals surface area contributed by atoms with Gasteiger partial charge in [0.2, 0.25) is 0 Å². The highest BCUT2D eigenvalue weighted by Crippen LogP contribution is 2.57. The molecule has 0 saturated heterocycles. The predicted molar refractivity (Wildman–Crippen MR) is 131 cm³/mol. The molecule has 170 valence electrons. The lowest BCUT2D eigenvalue weighted by Crippen LogP contribution is -2.41. The van der Waals surface area contributed by atoms with Gasteiger partial charge in [0.25, 0.3) is 0 Å². The van der Waals surface area contributed by atoms with Crippen LogP contribution in [0.15, 0.2) is 48.3 Å². The lowest BCUT2D eigenvalue weighted by molar-refractivity contribution is 0.0411. The molecule has 2 saturated carbocycles. The minimum atomic E-state index is 0.0523. The van der Waals surface area contributed by atoms with Gasteiger partial charge in [-0.05, 0) is 54.9 Å². The molecule has 3 aliphatic carbocycles. The molecule has 3 aliphatic rings. The Kier molecular flexibility index (Phi) is 7.72. The summed E-state index contributed by atoms with van der Waals surface area (Å²) in [5, 5.41) is 0. The summed E-state index contributed by atoms with van der Waals surface area (Å²) in [6.07, 6.45) is 21.3. The van der Waals surface area contributed by atoms with Crippen LogP contribution in [0.2, 0.25) is 0 Å². The topological polar surface area (TPSA) is 0 Å². The van der Waals surface area contributed by atoms with Gasteiger partial charge in [0, 0.05) is 17.4 Å². The van der Waals surface area contributed by atoms with Gasteiger partial charge < -0.3 is 0 Å². The van der Waals surface area contributed by atoms with Crippen LogP contribution in [0, 0.1) is 29.1 Å². The van der Waals surface area contributed by atoms with Gasteiger partial charge >= 0.3 is 0 Å². The predicted octanol–water partition coefficient (Wildman–Crippen LogP) is 9.53. The van der Waals surface area contributed by atoms with E-state index in [4.69, 9.17) is 0 Å². The van der Waals surface area contributed by atoms with Gasteiger partial charge in [-0.1, -0.05) is 108 Å². The van der Waals surface area contributed by atoms with Gasteiger partial charge in [-0.15, -0.1) is 0 Å². The van der Waals surface area contributed by atoms with Crippen LogP contribution in [-0.4, -0.2) is 0 Å². The molecule has 4 rings (SSSR count). The molecule has 0 aromatic heterocycles. The minimum absolute atomic E-state index is 0.0523. The van der Waals surface area contributed by atoms with Crippen molar-refractivity contribution in [3.05, 3.63) is 53.9 Å². The van der Waals surface area contributed by atoms with E-state index < -0.39 is 0 Å². The first-order chi connectivity index (χ1) is 15.2. The van der Waals surface area contributed by atoms with Crippen molar-refractivity contribution in [1.29, 1.82) is 0 Å². The molecule has 0 bridgehead atoms. The Morgan fingerprint density at radius 1 is 0.774 bits per heavy atom. The lowest BCUT2D eigenvalue weighted by atomic mass is 9.54. The summed E-state index contributed by atoms with van der Waals surface area (Å²) in [4.78, 5) is 0. The van der Waals surface area contributed by atoms with Crippen LogP contribution in [0.1, 0.15) is 103 Å². The molecule has 0 spiro atoms. The van der Waals surface area contributed by atoms with Crippen LogP contribution < -0.4 is 0 Å². The summed E-state index contributed by atoms with van der Waals surface area (Å²) in [6.45, 7) is 4.63. The van der Waals surface area contributed by atoms with Gasteiger partial charge in [0.15, 0.2) is 0 Å². The van der Waals surface area contributed by atoms with Gasteiger partial charge in [0.1, 0.15) is 5.83 Å². The highest BCUT2D eigenvalue weighted by Gasteiger charge is 2.47. The zero-order chi connectivity index (χ0) is 21.7. The van der Waals surface area contributed by atoms with Crippen molar-refractivity contribution in [2.24, 2.45) is 29.1 Å².